The fraction of sp³-hybridized carbons (Fsp3) is 0.333. The van der Waals surface area contributed by atoms with Gasteiger partial charge in [-0.25, -0.2) is 9.98 Å². The Labute approximate surface area is 255 Å². The molecule has 0 aliphatic carbocycles. The van der Waals surface area contributed by atoms with Crippen LogP contribution in [-0.2, 0) is 24.3 Å². The molecule has 0 atom stereocenters. The van der Waals surface area contributed by atoms with Crippen molar-refractivity contribution < 1.29 is 0 Å². The van der Waals surface area contributed by atoms with Crippen LogP contribution in [0.15, 0.2) is 82.8 Å². The Morgan fingerprint density at radius 3 is 1.52 bits per heavy atom. The maximum Gasteiger partial charge on any atom is 0.159 e. The molecule has 0 saturated heterocycles. The van der Waals surface area contributed by atoms with E-state index in [-0.39, 0.29) is 0 Å². The second-order valence-corrected chi connectivity index (χ2v) is 12.6. The van der Waals surface area contributed by atoms with E-state index in [0.717, 1.165) is 84.5 Å². The number of amidine groups is 2. The summed E-state index contributed by atoms with van der Waals surface area (Å²) >= 11 is 15.8. The lowest BCUT2D eigenvalue weighted by atomic mass is 10.1. The zero-order chi connectivity index (χ0) is 27.6. The number of hydrogen-bond acceptors (Lipinski definition) is 8. The van der Waals surface area contributed by atoms with Crippen molar-refractivity contribution in [3.05, 3.63) is 105 Å². The minimum Gasteiger partial charge on any atom is -0.352 e. The Morgan fingerprint density at radius 1 is 0.650 bits per heavy atom. The fourth-order valence-electron chi connectivity index (χ4n) is 4.48. The van der Waals surface area contributed by atoms with Crippen LogP contribution in [0.1, 0.15) is 22.3 Å². The Morgan fingerprint density at radius 2 is 1.12 bits per heavy atom. The molecule has 0 aromatic heterocycles. The summed E-state index contributed by atoms with van der Waals surface area (Å²) in [5.41, 5.74) is 5.19. The molecule has 0 fully saturated rings. The van der Waals surface area contributed by atoms with Gasteiger partial charge in [-0.3, -0.25) is 9.80 Å². The summed E-state index contributed by atoms with van der Waals surface area (Å²) in [5, 5.41) is 10.6. The summed E-state index contributed by atoms with van der Waals surface area (Å²) in [7, 11) is 0. The van der Waals surface area contributed by atoms with Gasteiger partial charge in [0, 0.05) is 34.6 Å². The monoisotopic (exact) mass is 612 g/mol. The molecule has 5 rings (SSSR count). The van der Waals surface area contributed by atoms with Gasteiger partial charge >= 0.3 is 0 Å². The first kappa shape index (κ1) is 29.3. The number of benzene rings is 3. The average molecular weight is 614 g/mol. The van der Waals surface area contributed by atoms with Gasteiger partial charge in [0.05, 0.1) is 26.7 Å². The van der Waals surface area contributed by atoms with E-state index in [9.17, 15) is 0 Å². The molecule has 2 aliphatic heterocycles. The SMILES string of the molecule is Clc1cccc(CCN2CN=C(SCc3ccccc3CSC3=NCN(CCc4cccc(Cl)c4)CN3)NC2)c1. The van der Waals surface area contributed by atoms with Gasteiger partial charge in [-0.05, 0) is 59.4 Å². The van der Waals surface area contributed by atoms with E-state index in [2.05, 4.69) is 56.8 Å². The molecule has 0 radical (unpaired) electrons. The zero-order valence-electron chi connectivity index (χ0n) is 22.4. The van der Waals surface area contributed by atoms with Crippen LogP contribution in [0, 0.1) is 0 Å². The summed E-state index contributed by atoms with van der Waals surface area (Å²) in [4.78, 5) is 14.2. The molecule has 3 aromatic rings. The highest BCUT2D eigenvalue weighted by atomic mass is 35.5. The zero-order valence-corrected chi connectivity index (χ0v) is 25.5. The van der Waals surface area contributed by atoms with Gasteiger partial charge in [0.2, 0.25) is 0 Å². The van der Waals surface area contributed by atoms with Gasteiger partial charge < -0.3 is 10.6 Å². The summed E-state index contributed by atoms with van der Waals surface area (Å²) in [6.07, 6.45) is 1.93. The second-order valence-electron chi connectivity index (χ2n) is 9.77. The number of thioether (sulfide) groups is 2. The van der Waals surface area contributed by atoms with Gasteiger partial charge in [-0.15, -0.1) is 0 Å². The number of halogens is 2. The third-order valence-corrected chi connectivity index (χ3v) is 9.27. The molecular formula is C30H34Cl2N6S2. The summed E-state index contributed by atoms with van der Waals surface area (Å²) in [6, 6.07) is 24.8. The van der Waals surface area contributed by atoms with E-state index in [0.29, 0.717) is 0 Å². The lowest BCUT2D eigenvalue weighted by Gasteiger charge is -2.27. The molecule has 40 heavy (non-hydrogen) atoms. The van der Waals surface area contributed by atoms with Crippen molar-refractivity contribution in [2.24, 2.45) is 9.98 Å². The van der Waals surface area contributed by atoms with Crippen molar-refractivity contribution >= 4 is 57.1 Å². The highest BCUT2D eigenvalue weighted by molar-refractivity contribution is 8.13. The predicted molar refractivity (Wildman–Crippen MR) is 173 cm³/mol. The summed E-state index contributed by atoms with van der Waals surface area (Å²) < 4.78 is 0. The van der Waals surface area contributed by atoms with E-state index in [1.54, 1.807) is 23.5 Å². The van der Waals surface area contributed by atoms with Crippen LogP contribution in [0.2, 0.25) is 10.0 Å². The first-order chi connectivity index (χ1) is 19.6. The van der Waals surface area contributed by atoms with Crippen molar-refractivity contribution in [2.75, 3.05) is 39.8 Å². The molecule has 6 nitrogen and oxygen atoms in total. The van der Waals surface area contributed by atoms with Crippen LogP contribution in [-0.4, -0.2) is 59.9 Å². The van der Waals surface area contributed by atoms with E-state index in [1.165, 1.54) is 22.3 Å². The van der Waals surface area contributed by atoms with Crippen LogP contribution in [0.25, 0.3) is 0 Å². The van der Waals surface area contributed by atoms with Gasteiger partial charge in [0.15, 0.2) is 10.3 Å². The topological polar surface area (TPSA) is 55.3 Å². The molecule has 0 unspecified atom stereocenters. The highest BCUT2D eigenvalue weighted by Gasteiger charge is 2.15. The predicted octanol–water partition coefficient (Wildman–Crippen LogP) is 6.30. The Hall–Kier alpha value is -2.20. The lowest BCUT2D eigenvalue weighted by Crippen LogP contribution is -2.42. The molecule has 0 spiro atoms. The maximum absolute atomic E-state index is 6.11. The molecule has 2 N–H and O–H groups in total. The average Bonchev–Trinajstić information content (AvgIpc) is 2.98. The molecule has 2 aliphatic rings. The van der Waals surface area contributed by atoms with Gasteiger partial charge in [-0.2, -0.15) is 0 Å². The number of hydrogen-bond donors (Lipinski definition) is 2. The lowest BCUT2D eigenvalue weighted by molar-refractivity contribution is 0.270. The minimum absolute atomic E-state index is 0.717. The number of nitrogens with one attached hydrogen (secondary N) is 2. The van der Waals surface area contributed by atoms with Gasteiger partial charge in [0.1, 0.15) is 0 Å². The van der Waals surface area contributed by atoms with Crippen LogP contribution >= 0.6 is 46.7 Å². The maximum atomic E-state index is 6.11. The Bertz CT molecular complexity index is 1230. The first-order valence-electron chi connectivity index (χ1n) is 13.4. The van der Waals surface area contributed by atoms with Gasteiger partial charge in [0.25, 0.3) is 0 Å². The first-order valence-corrected chi connectivity index (χ1v) is 16.2. The standard InChI is InChI=1S/C30H34Cl2N6S2/c31-27-9-3-5-23(15-27)11-13-37-19-33-29(34-20-37)39-17-25-7-1-2-8-26(25)18-40-30-35-21-38(22-36-30)14-12-24-6-4-10-28(32)16-24/h1-10,15-16H,11-14,17-22H2,(H,33,34)(H,35,36). The summed E-state index contributed by atoms with van der Waals surface area (Å²) in [5.74, 6) is 1.78. The van der Waals surface area contributed by atoms with Crippen molar-refractivity contribution in [3.8, 4) is 0 Å². The van der Waals surface area contributed by atoms with Crippen molar-refractivity contribution in [3.63, 3.8) is 0 Å². The molecule has 210 valence electrons. The highest BCUT2D eigenvalue weighted by Crippen LogP contribution is 2.23. The van der Waals surface area contributed by atoms with Crippen molar-refractivity contribution in [1.29, 1.82) is 0 Å². The van der Waals surface area contributed by atoms with E-state index >= 15 is 0 Å². The third-order valence-electron chi connectivity index (χ3n) is 6.80. The van der Waals surface area contributed by atoms with Crippen LogP contribution in [0.3, 0.4) is 0 Å². The van der Waals surface area contributed by atoms with E-state index < -0.39 is 0 Å². The summed E-state index contributed by atoms with van der Waals surface area (Å²) in [6.45, 7) is 4.96. The van der Waals surface area contributed by atoms with Crippen LogP contribution in [0.4, 0.5) is 0 Å². The fourth-order valence-corrected chi connectivity index (χ4v) is 6.69. The normalized spacial score (nSPS) is 16.1. The van der Waals surface area contributed by atoms with Gasteiger partial charge in [-0.1, -0.05) is 95.3 Å². The molecule has 3 aromatic carbocycles. The number of aliphatic imine (C=N–C) groups is 2. The molecule has 0 bridgehead atoms. The molecule has 0 amide bonds. The van der Waals surface area contributed by atoms with Crippen molar-refractivity contribution in [1.82, 2.24) is 20.4 Å². The van der Waals surface area contributed by atoms with E-state index in [1.807, 2.05) is 36.4 Å². The number of nitrogens with zero attached hydrogens (tertiary/aromatic N) is 4. The smallest absolute Gasteiger partial charge is 0.159 e. The third kappa shape index (κ3) is 9.16. The largest absolute Gasteiger partial charge is 0.352 e. The number of rotatable bonds is 10. The van der Waals surface area contributed by atoms with Crippen LogP contribution in [0.5, 0.6) is 0 Å². The molecule has 0 saturated carbocycles. The van der Waals surface area contributed by atoms with Crippen LogP contribution < -0.4 is 10.6 Å². The Balaban J connectivity index is 1.04. The Kier molecular flexibility index (Phi) is 11.1. The quantitative estimate of drug-likeness (QED) is 0.280. The molecule has 2 heterocycles. The second kappa shape index (κ2) is 15.1. The molecular weight excluding hydrogens is 579 g/mol. The van der Waals surface area contributed by atoms with E-state index in [4.69, 9.17) is 33.2 Å². The minimum atomic E-state index is 0.717. The van der Waals surface area contributed by atoms with Crippen molar-refractivity contribution in [2.45, 2.75) is 24.3 Å². The molecule has 10 heteroatoms.